The number of hydrogen-bond acceptors (Lipinski definition) is 4. The third-order valence-electron chi connectivity index (χ3n) is 3.22. The summed E-state index contributed by atoms with van der Waals surface area (Å²) in [4.78, 5) is 13.7. The maximum atomic E-state index is 11.9. The van der Waals surface area contributed by atoms with Gasteiger partial charge in [0.1, 0.15) is 0 Å². The number of carbonyl (C=O) groups excluding carboxylic acids is 1. The van der Waals surface area contributed by atoms with Crippen LogP contribution in [0, 0.1) is 0 Å². The molecule has 1 aliphatic heterocycles. The number of hydrogen-bond donors (Lipinski definition) is 1. The zero-order valence-electron chi connectivity index (χ0n) is 11.1. The Kier molecular flexibility index (Phi) is 4.63. The Morgan fingerprint density at radius 1 is 1.32 bits per heavy atom. The fraction of sp³-hybridized carbons (Fsp3) is 0.500. The average Bonchev–Trinajstić information content (AvgIpc) is 2.98. The van der Waals surface area contributed by atoms with Crippen molar-refractivity contribution >= 4 is 5.91 Å². The molecular formula is C14H19NO4. The van der Waals surface area contributed by atoms with E-state index in [4.69, 9.17) is 14.6 Å². The molecule has 0 spiro atoms. The summed E-state index contributed by atoms with van der Waals surface area (Å²) in [5.41, 5.74) is 0.726. The van der Waals surface area contributed by atoms with Crippen molar-refractivity contribution < 1.29 is 19.4 Å². The molecule has 19 heavy (non-hydrogen) atoms. The zero-order chi connectivity index (χ0) is 13.7. The van der Waals surface area contributed by atoms with Crippen LogP contribution in [-0.4, -0.2) is 42.7 Å². The largest absolute Gasteiger partial charge is 0.493 e. The highest BCUT2D eigenvalue weighted by molar-refractivity contribution is 5.78. The number of aliphatic hydroxyl groups excluding tert-OH is 1. The molecule has 1 amide bonds. The molecule has 1 aromatic rings. The number of rotatable bonds is 5. The molecule has 1 aliphatic rings. The van der Waals surface area contributed by atoms with Crippen LogP contribution >= 0.6 is 0 Å². The van der Waals surface area contributed by atoms with Crippen molar-refractivity contribution in [1.82, 2.24) is 4.90 Å². The van der Waals surface area contributed by atoms with E-state index >= 15 is 0 Å². The first-order valence-electron chi connectivity index (χ1n) is 6.43. The van der Waals surface area contributed by atoms with Crippen molar-refractivity contribution in [3.8, 4) is 11.5 Å². The van der Waals surface area contributed by atoms with Crippen LogP contribution in [0.4, 0.5) is 0 Å². The minimum absolute atomic E-state index is 0.00520. The molecule has 5 nitrogen and oxygen atoms in total. The summed E-state index contributed by atoms with van der Waals surface area (Å²) in [6, 6.07) is 5.17. The Hall–Kier alpha value is -1.75. The first-order chi connectivity index (χ1) is 9.24. The molecule has 5 heteroatoms. The average molecular weight is 265 g/mol. The summed E-state index contributed by atoms with van der Waals surface area (Å²) >= 11 is 0. The molecular weight excluding hydrogens is 246 g/mol. The summed E-state index contributed by atoms with van der Waals surface area (Å²) in [5.74, 6) is 1.04. The van der Waals surface area contributed by atoms with Gasteiger partial charge in [-0.1, -0.05) is 6.07 Å². The third kappa shape index (κ3) is 3.38. The van der Waals surface area contributed by atoms with Gasteiger partial charge in [-0.25, -0.2) is 0 Å². The van der Waals surface area contributed by atoms with Gasteiger partial charge in [-0.3, -0.25) is 4.79 Å². The summed E-state index contributed by atoms with van der Waals surface area (Å²) in [7, 11) is 1.54. The molecule has 0 radical (unpaired) electrons. The van der Waals surface area contributed by atoms with Gasteiger partial charge >= 0.3 is 0 Å². The number of carbonyl (C=O) groups is 1. The van der Waals surface area contributed by atoms with Crippen molar-refractivity contribution in [3.05, 3.63) is 23.8 Å². The minimum Gasteiger partial charge on any atom is -0.493 e. The minimum atomic E-state index is -0.0690. The second kappa shape index (κ2) is 6.43. The van der Waals surface area contributed by atoms with Gasteiger partial charge in [0.2, 0.25) is 0 Å². The van der Waals surface area contributed by atoms with E-state index in [1.807, 2.05) is 4.90 Å². The van der Waals surface area contributed by atoms with E-state index in [1.165, 1.54) is 0 Å². The summed E-state index contributed by atoms with van der Waals surface area (Å²) in [5, 5.41) is 9.10. The number of ether oxygens (including phenoxy) is 2. The third-order valence-corrected chi connectivity index (χ3v) is 3.22. The summed E-state index contributed by atoms with van der Waals surface area (Å²) in [6.45, 7) is 1.57. The lowest BCUT2D eigenvalue weighted by Crippen LogP contribution is -2.32. The van der Waals surface area contributed by atoms with Crippen molar-refractivity contribution in [2.24, 2.45) is 0 Å². The molecule has 1 N–H and O–H groups in total. The molecule has 0 unspecified atom stereocenters. The number of aliphatic hydroxyl groups is 1. The van der Waals surface area contributed by atoms with E-state index in [1.54, 1.807) is 25.3 Å². The predicted molar refractivity (Wildman–Crippen MR) is 70.2 cm³/mol. The molecule has 1 heterocycles. The Morgan fingerprint density at radius 2 is 2.05 bits per heavy atom. The van der Waals surface area contributed by atoms with Crippen LogP contribution in [0.1, 0.15) is 18.4 Å². The molecule has 0 aliphatic carbocycles. The standard InChI is InChI=1S/C14H19NO4/c1-18-12-5-4-11(9-16)8-13(12)19-10-14(17)15-6-2-3-7-15/h4-5,8,16H,2-3,6-7,9-10H2,1H3. The van der Waals surface area contributed by atoms with Crippen LogP contribution in [0.25, 0.3) is 0 Å². The van der Waals surface area contributed by atoms with Gasteiger partial charge in [0.15, 0.2) is 18.1 Å². The van der Waals surface area contributed by atoms with Crippen LogP contribution in [0.2, 0.25) is 0 Å². The quantitative estimate of drug-likeness (QED) is 0.868. The van der Waals surface area contributed by atoms with Crippen molar-refractivity contribution in [2.75, 3.05) is 26.8 Å². The molecule has 0 aromatic heterocycles. The topological polar surface area (TPSA) is 59.0 Å². The van der Waals surface area contributed by atoms with Gasteiger partial charge in [0.05, 0.1) is 13.7 Å². The zero-order valence-corrected chi connectivity index (χ0v) is 11.1. The van der Waals surface area contributed by atoms with E-state index in [0.717, 1.165) is 31.5 Å². The van der Waals surface area contributed by atoms with E-state index in [0.29, 0.717) is 11.5 Å². The smallest absolute Gasteiger partial charge is 0.260 e. The van der Waals surface area contributed by atoms with E-state index < -0.39 is 0 Å². The maximum absolute atomic E-state index is 11.9. The van der Waals surface area contributed by atoms with Crippen molar-refractivity contribution in [3.63, 3.8) is 0 Å². The number of amides is 1. The van der Waals surface area contributed by atoms with Crippen LogP contribution in [0.15, 0.2) is 18.2 Å². The molecule has 1 aromatic carbocycles. The second-order valence-corrected chi connectivity index (χ2v) is 4.52. The highest BCUT2D eigenvalue weighted by Gasteiger charge is 2.18. The molecule has 1 fully saturated rings. The van der Waals surface area contributed by atoms with Gasteiger partial charge in [0.25, 0.3) is 5.91 Å². The number of methoxy groups -OCH3 is 1. The van der Waals surface area contributed by atoms with Gasteiger partial charge in [0, 0.05) is 13.1 Å². The maximum Gasteiger partial charge on any atom is 0.260 e. The molecule has 0 saturated carbocycles. The van der Waals surface area contributed by atoms with E-state index in [9.17, 15) is 4.79 Å². The number of nitrogens with zero attached hydrogens (tertiary/aromatic N) is 1. The highest BCUT2D eigenvalue weighted by Crippen LogP contribution is 2.28. The highest BCUT2D eigenvalue weighted by atomic mass is 16.5. The molecule has 0 bridgehead atoms. The number of likely N-dealkylation sites (tertiary alicyclic amines) is 1. The van der Waals surface area contributed by atoms with Crippen molar-refractivity contribution in [1.29, 1.82) is 0 Å². The lowest BCUT2D eigenvalue weighted by molar-refractivity contribution is -0.132. The van der Waals surface area contributed by atoms with E-state index in [2.05, 4.69) is 0 Å². The van der Waals surface area contributed by atoms with Crippen LogP contribution in [0.5, 0.6) is 11.5 Å². The molecule has 1 saturated heterocycles. The monoisotopic (exact) mass is 265 g/mol. The van der Waals surface area contributed by atoms with Crippen LogP contribution in [0.3, 0.4) is 0 Å². The van der Waals surface area contributed by atoms with Gasteiger partial charge in [-0.05, 0) is 30.5 Å². The lowest BCUT2D eigenvalue weighted by atomic mass is 10.2. The van der Waals surface area contributed by atoms with Gasteiger partial charge in [-0.2, -0.15) is 0 Å². The second-order valence-electron chi connectivity index (χ2n) is 4.52. The Balaban J connectivity index is 1.99. The van der Waals surface area contributed by atoms with Crippen LogP contribution in [-0.2, 0) is 11.4 Å². The van der Waals surface area contributed by atoms with E-state index in [-0.39, 0.29) is 19.1 Å². The van der Waals surface area contributed by atoms with Gasteiger partial charge < -0.3 is 19.5 Å². The first-order valence-corrected chi connectivity index (χ1v) is 6.43. The molecule has 0 atom stereocenters. The van der Waals surface area contributed by atoms with Crippen LogP contribution < -0.4 is 9.47 Å². The molecule has 2 rings (SSSR count). The first kappa shape index (κ1) is 13.7. The molecule has 104 valence electrons. The predicted octanol–water partition coefficient (Wildman–Crippen LogP) is 1.19. The fourth-order valence-electron chi connectivity index (χ4n) is 2.13. The lowest BCUT2D eigenvalue weighted by Gasteiger charge is -2.16. The number of benzene rings is 1. The summed E-state index contributed by atoms with van der Waals surface area (Å²) in [6.07, 6.45) is 2.13. The normalized spacial score (nSPS) is 14.5. The summed E-state index contributed by atoms with van der Waals surface area (Å²) < 4.78 is 10.7. The Labute approximate surface area is 112 Å². The van der Waals surface area contributed by atoms with Gasteiger partial charge in [-0.15, -0.1) is 0 Å². The Bertz CT molecular complexity index is 441. The van der Waals surface area contributed by atoms with Crippen molar-refractivity contribution in [2.45, 2.75) is 19.4 Å². The Morgan fingerprint density at radius 3 is 2.68 bits per heavy atom. The SMILES string of the molecule is COc1ccc(CO)cc1OCC(=O)N1CCCC1. The fourth-order valence-corrected chi connectivity index (χ4v) is 2.13.